The van der Waals surface area contributed by atoms with Crippen LogP contribution in [0, 0.1) is 6.92 Å². The molecule has 3 rings (SSSR count). The number of nitrogens with one attached hydrogen (secondary N) is 3. The standard InChI is InChI=1S/C15H16BrN3OS/c1-3-17-13(14-8(2)4-5-21-14)9-6-11-12(7-10(9)16)19-15(20)18-11/h4-7,13,17H,3H2,1-2H3,(H2,18,19,20). The molecule has 2 aromatic heterocycles. The lowest BCUT2D eigenvalue weighted by Gasteiger charge is -2.20. The maximum atomic E-state index is 11.4. The number of fused-ring (bicyclic) bond motifs is 1. The van der Waals surface area contributed by atoms with E-state index in [-0.39, 0.29) is 11.7 Å². The molecule has 6 heteroatoms. The summed E-state index contributed by atoms with van der Waals surface area (Å²) in [7, 11) is 0. The molecule has 2 heterocycles. The quantitative estimate of drug-likeness (QED) is 0.660. The van der Waals surface area contributed by atoms with Gasteiger partial charge in [0, 0.05) is 9.35 Å². The molecule has 0 aliphatic rings. The number of benzene rings is 1. The molecule has 4 nitrogen and oxygen atoms in total. The van der Waals surface area contributed by atoms with Crippen LogP contribution in [0.1, 0.15) is 29.0 Å². The van der Waals surface area contributed by atoms with Gasteiger partial charge in [-0.1, -0.05) is 22.9 Å². The minimum Gasteiger partial charge on any atom is -0.306 e. The molecule has 0 saturated carbocycles. The summed E-state index contributed by atoms with van der Waals surface area (Å²) in [4.78, 5) is 18.4. The Labute approximate surface area is 134 Å². The van der Waals surface area contributed by atoms with Crippen LogP contribution in [0.5, 0.6) is 0 Å². The highest BCUT2D eigenvalue weighted by atomic mass is 79.9. The summed E-state index contributed by atoms with van der Waals surface area (Å²) in [5.41, 5.74) is 3.87. The van der Waals surface area contributed by atoms with Crippen LogP contribution in [0.2, 0.25) is 0 Å². The van der Waals surface area contributed by atoms with Crippen molar-refractivity contribution in [3.8, 4) is 0 Å². The molecule has 21 heavy (non-hydrogen) atoms. The van der Waals surface area contributed by atoms with E-state index in [0.717, 1.165) is 27.6 Å². The highest BCUT2D eigenvalue weighted by molar-refractivity contribution is 9.10. The van der Waals surface area contributed by atoms with Gasteiger partial charge in [-0.05, 0) is 48.2 Å². The summed E-state index contributed by atoms with van der Waals surface area (Å²) in [5, 5.41) is 5.64. The summed E-state index contributed by atoms with van der Waals surface area (Å²) in [6, 6.07) is 6.24. The zero-order valence-corrected chi connectivity index (χ0v) is 14.2. The van der Waals surface area contributed by atoms with E-state index in [1.165, 1.54) is 10.4 Å². The first-order valence-corrected chi connectivity index (χ1v) is 8.46. The Morgan fingerprint density at radius 3 is 2.67 bits per heavy atom. The summed E-state index contributed by atoms with van der Waals surface area (Å²) in [6.45, 7) is 5.09. The summed E-state index contributed by atoms with van der Waals surface area (Å²) < 4.78 is 0.990. The number of aryl methyl sites for hydroxylation is 1. The van der Waals surface area contributed by atoms with E-state index in [2.05, 4.69) is 56.5 Å². The first kappa shape index (κ1) is 14.6. The molecule has 0 spiro atoms. The Kier molecular flexibility index (Phi) is 4.01. The molecule has 0 amide bonds. The van der Waals surface area contributed by atoms with Crippen molar-refractivity contribution in [2.75, 3.05) is 6.54 Å². The molecule has 0 fully saturated rings. The first-order valence-electron chi connectivity index (χ1n) is 6.79. The van der Waals surface area contributed by atoms with Crippen LogP contribution in [0.15, 0.2) is 32.8 Å². The maximum absolute atomic E-state index is 11.4. The summed E-state index contributed by atoms with van der Waals surface area (Å²) in [6.07, 6.45) is 0. The monoisotopic (exact) mass is 365 g/mol. The van der Waals surface area contributed by atoms with E-state index in [0.29, 0.717) is 0 Å². The van der Waals surface area contributed by atoms with Crippen molar-refractivity contribution in [3.63, 3.8) is 0 Å². The number of imidazole rings is 1. The average Bonchev–Trinajstić information content (AvgIpc) is 3.00. The molecule has 110 valence electrons. The van der Waals surface area contributed by atoms with Crippen LogP contribution in [0.4, 0.5) is 0 Å². The fraction of sp³-hybridized carbons (Fsp3) is 0.267. The molecule has 1 atom stereocenters. The van der Waals surface area contributed by atoms with Gasteiger partial charge in [-0.15, -0.1) is 11.3 Å². The van der Waals surface area contributed by atoms with Crippen molar-refractivity contribution >= 4 is 38.3 Å². The fourth-order valence-corrected chi connectivity index (χ4v) is 4.11. The molecule has 1 aromatic carbocycles. The van der Waals surface area contributed by atoms with Crippen LogP contribution in [-0.4, -0.2) is 16.5 Å². The topological polar surface area (TPSA) is 60.7 Å². The third-order valence-corrected chi connectivity index (χ3v) is 5.29. The van der Waals surface area contributed by atoms with E-state index < -0.39 is 0 Å². The lowest BCUT2D eigenvalue weighted by molar-refractivity contribution is 0.635. The average molecular weight is 366 g/mol. The third-order valence-electron chi connectivity index (χ3n) is 3.52. The molecular formula is C15H16BrN3OS. The predicted octanol–water partition coefficient (Wildman–Crippen LogP) is 3.69. The number of hydrogen-bond donors (Lipinski definition) is 3. The highest BCUT2D eigenvalue weighted by Crippen LogP contribution is 2.34. The minimum atomic E-state index is -0.179. The number of halogens is 1. The van der Waals surface area contributed by atoms with E-state index in [4.69, 9.17) is 0 Å². The highest BCUT2D eigenvalue weighted by Gasteiger charge is 2.20. The number of thiophene rings is 1. The molecule has 0 aliphatic carbocycles. The SMILES string of the molecule is CCNC(c1cc2[nH]c(=O)[nH]c2cc1Br)c1sccc1C. The molecule has 0 bridgehead atoms. The van der Waals surface area contributed by atoms with Gasteiger partial charge in [0.1, 0.15) is 0 Å². The lowest BCUT2D eigenvalue weighted by Crippen LogP contribution is -2.22. The van der Waals surface area contributed by atoms with Gasteiger partial charge < -0.3 is 15.3 Å². The van der Waals surface area contributed by atoms with Crippen LogP contribution in [-0.2, 0) is 0 Å². The second kappa shape index (κ2) is 5.79. The van der Waals surface area contributed by atoms with Crippen molar-refractivity contribution in [1.29, 1.82) is 0 Å². The Morgan fingerprint density at radius 1 is 1.33 bits per heavy atom. The molecule has 1 unspecified atom stereocenters. The van der Waals surface area contributed by atoms with E-state index >= 15 is 0 Å². The van der Waals surface area contributed by atoms with Gasteiger partial charge >= 0.3 is 5.69 Å². The maximum Gasteiger partial charge on any atom is 0.323 e. The lowest BCUT2D eigenvalue weighted by atomic mass is 10.0. The molecule has 0 radical (unpaired) electrons. The summed E-state index contributed by atoms with van der Waals surface area (Å²) in [5.74, 6) is 0. The first-order chi connectivity index (χ1) is 10.1. The molecule has 0 saturated heterocycles. The Hall–Kier alpha value is -1.37. The Bertz CT molecular complexity index is 833. The van der Waals surface area contributed by atoms with Gasteiger partial charge in [0.25, 0.3) is 0 Å². The van der Waals surface area contributed by atoms with E-state index in [1.807, 2.05) is 12.1 Å². The largest absolute Gasteiger partial charge is 0.323 e. The number of rotatable bonds is 4. The van der Waals surface area contributed by atoms with Gasteiger partial charge in [0.15, 0.2) is 0 Å². The molecular weight excluding hydrogens is 350 g/mol. The molecule has 3 aromatic rings. The zero-order chi connectivity index (χ0) is 15.0. The normalized spacial score (nSPS) is 12.9. The zero-order valence-electron chi connectivity index (χ0n) is 11.8. The van der Waals surface area contributed by atoms with Gasteiger partial charge in [-0.25, -0.2) is 4.79 Å². The van der Waals surface area contributed by atoms with Gasteiger partial charge in [0.2, 0.25) is 0 Å². The van der Waals surface area contributed by atoms with E-state index in [9.17, 15) is 4.79 Å². The van der Waals surface area contributed by atoms with Crippen LogP contribution >= 0.6 is 27.3 Å². The van der Waals surface area contributed by atoms with E-state index in [1.54, 1.807) is 11.3 Å². The number of H-pyrrole nitrogens is 2. The van der Waals surface area contributed by atoms with Crippen LogP contribution in [0.3, 0.4) is 0 Å². The van der Waals surface area contributed by atoms with Gasteiger partial charge in [0.05, 0.1) is 17.1 Å². The van der Waals surface area contributed by atoms with Crippen molar-refractivity contribution in [2.45, 2.75) is 19.9 Å². The van der Waals surface area contributed by atoms with Crippen molar-refractivity contribution in [2.24, 2.45) is 0 Å². The van der Waals surface area contributed by atoms with Crippen molar-refractivity contribution in [1.82, 2.24) is 15.3 Å². The second-order valence-corrected chi connectivity index (χ2v) is 6.76. The second-order valence-electron chi connectivity index (χ2n) is 4.96. The number of aromatic nitrogens is 2. The number of aromatic amines is 2. The number of hydrogen-bond acceptors (Lipinski definition) is 3. The van der Waals surface area contributed by atoms with Crippen LogP contribution in [0.25, 0.3) is 11.0 Å². The van der Waals surface area contributed by atoms with Gasteiger partial charge in [-0.3, -0.25) is 0 Å². The Balaban J connectivity index is 2.17. The van der Waals surface area contributed by atoms with Crippen LogP contribution < -0.4 is 11.0 Å². The smallest absolute Gasteiger partial charge is 0.306 e. The van der Waals surface area contributed by atoms with Crippen molar-refractivity contribution in [3.05, 3.63) is 54.5 Å². The van der Waals surface area contributed by atoms with Gasteiger partial charge in [-0.2, -0.15) is 0 Å². The minimum absolute atomic E-state index is 0.118. The molecule has 3 N–H and O–H groups in total. The van der Waals surface area contributed by atoms with Crippen molar-refractivity contribution < 1.29 is 0 Å². The Morgan fingerprint density at radius 2 is 2.05 bits per heavy atom. The molecule has 0 aliphatic heterocycles. The predicted molar refractivity (Wildman–Crippen MR) is 91.2 cm³/mol. The fourth-order valence-electron chi connectivity index (χ4n) is 2.52. The summed E-state index contributed by atoms with van der Waals surface area (Å²) >= 11 is 5.38. The third kappa shape index (κ3) is 2.71.